The lowest BCUT2D eigenvalue weighted by Crippen LogP contribution is -2.25. The van der Waals surface area contributed by atoms with Gasteiger partial charge < -0.3 is 18.7 Å². The van der Waals surface area contributed by atoms with Crippen LogP contribution in [0.2, 0.25) is 15.7 Å². The average Bonchev–Trinajstić information content (AvgIpc) is 3.33. The fourth-order valence-electron chi connectivity index (χ4n) is 2.72. The number of aliphatic hydroxyl groups is 1. The van der Waals surface area contributed by atoms with Crippen LogP contribution in [0.3, 0.4) is 0 Å². The summed E-state index contributed by atoms with van der Waals surface area (Å²) in [6.07, 6.45) is 10.0. The van der Waals surface area contributed by atoms with Crippen molar-refractivity contribution < 1.29 is 18.7 Å². The second-order valence-corrected chi connectivity index (χ2v) is 8.14. The van der Waals surface area contributed by atoms with E-state index >= 15 is 0 Å². The van der Waals surface area contributed by atoms with Crippen molar-refractivity contribution in [3.63, 3.8) is 0 Å². The summed E-state index contributed by atoms with van der Waals surface area (Å²) in [6.45, 7) is 0. The molecular weight excluding hydrogens is 467 g/mol. The zero-order valence-electron chi connectivity index (χ0n) is 16.3. The molecule has 2 saturated carbocycles. The predicted molar refractivity (Wildman–Crippen MR) is 117 cm³/mol. The number of aromatic nitrogens is 4. The smallest absolute Gasteiger partial charge is 0.263 e. The lowest BCUT2D eigenvalue weighted by molar-refractivity contribution is 0.0950. The Balaban J connectivity index is 0.000000126. The van der Waals surface area contributed by atoms with Crippen molar-refractivity contribution in [1.82, 2.24) is 19.9 Å². The van der Waals surface area contributed by atoms with Crippen molar-refractivity contribution in [2.24, 2.45) is 0 Å². The summed E-state index contributed by atoms with van der Waals surface area (Å²) in [5, 5.41) is 9.01. The van der Waals surface area contributed by atoms with Gasteiger partial charge in [-0.2, -0.15) is 4.98 Å². The van der Waals surface area contributed by atoms with Crippen molar-refractivity contribution >= 4 is 57.0 Å². The minimum absolute atomic E-state index is 0.0648. The molecule has 2 aliphatic rings. The van der Waals surface area contributed by atoms with Gasteiger partial charge in [-0.1, -0.05) is 11.6 Å². The summed E-state index contributed by atoms with van der Waals surface area (Å²) in [5.41, 5.74) is 2.35. The van der Waals surface area contributed by atoms with E-state index in [4.69, 9.17) is 53.5 Å². The lowest BCUT2D eigenvalue weighted by atomic mass is 9.96. The van der Waals surface area contributed by atoms with Gasteiger partial charge >= 0.3 is 0 Å². The maximum Gasteiger partial charge on any atom is 0.263 e. The number of aliphatic hydroxyl groups excluding tert-OH is 1. The molecule has 0 amide bonds. The van der Waals surface area contributed by atoms with Crippen molar-refractivity contribution in [3.8, 4) is 5.88 Å². The van der Waals surface area contributed by atoms with Crippen molar-refractivity contribution in [1.29, 1.82) is 0 Å². The summed E-state index contributed by atoms with van der Waals surface area (Å²) < 4.78 is 15.9. The van der Waals surface area contributed by atoms with Crippen molar-refractivity contribution in [2.45, 2.75) is 50.7 Å². The van der Waals surface area contributed by atoms with Crippen LogP contribution in [0.15, 0.2) is 33.5 Å². The van der Waals surface area contributed by atoms with Gasteiger partial charge in [-0.25, -0.2) is 15.0 Å². The van der Waals surface area contributed by atoms with E-state index in [0.29, 0.717) is 28.1 Å². The topological polar surface area (TPSA) is 107 Å². The molecule has 0 atom stereocenters. The van der Waals surface area contributed by atoms with E-state index in [9.17, 15) is 0 Å². The number of ether oxygens (including phenoxy) is 1. The molecule has 0 unspecified atom stereocenters. The van der Waals surface area contributed by atoms with E-state index in [-0.39, 0.29) is 27.9 Å². The van der Waals surface area contributed by atoms with E-state index in [1.54, 1.807) is 18.4 Å². The SMILES string of the molecule is Clc1nc(Cl)c2occc2n1.Clc1nc(OC2CCC2)c2occc2n1.OC1CCC1. The van der Waals surface area contributed by atoms with Gasteiger partial charge in [-0.15, -0.1) is 0 Å². The van der Waals surface area contributed by atoms with Crippen LogP contribution in [-0.4, -0.2) is 37.3 Å². The third kappa shape index (κ3) is 5.57. The molecule has 0 spiro atoms. The van der Waals surface area contributed by atoms with E-state index in [1.165, 1.54) is 19.1 Å². The van der Waals surface area contributed by atoms with Crippen LogP contribution in [0, 0.1) is 0 Å². The highest BCUT2D eigenvalue weighted by atomic mass is 35.5. The molecule has 31 heavy (non-hydrogen) atoms. The van der Waals surface area contributed by atoms with Gasteiger partial charge in [0.1, 0.15) is 17.1 Å². The van der Waals surface area contributed by atoms with Crippen molar-refractivity contribution in [2.75, 3.05) is 0 Å². The Morgan fingerprint density at radius 1 is 0.806 bits per heavy atom. The Hall–Kier alpha value is -2.13. The maximum atomic E-state index is 8.45. The highest BCUT2D eigenvalue weighted by molar-refractivity contribution is 6.35. The first-order valence-corrected chi connectivity index (χ1v) is 10.9. The van der Waals surface area contributed by atoms with Crippen LogP contribution in [-0.2, 0) is 0 Å². The third-order valence-electron chi connectivity index (χ3n) is 4.89. The average molecular weight is 486 g/mol. The Kier molecular flexibility index (Phi) is 7.12. The molecule has 0 bridgehead atoms. The molecule has 2 aliphatic carbocycles. The van der Waals surface area contributed by atoms with Gasteiger partial charge in [-0.05, 0) is 61.7 Å². The molecule has 11 heteroatoms. The number of fused-ring (bicyclic) bond motifs is 2. The van der Waals surface area contributed by atoms with Gasteiger partial charge in [-0.3, -0.25) is 0 Å². The number of hydrogen-bond acceptors (Lipinski definition) is 8. The van der Waals surface area contributed by atoms with Crippen LogP contribution < -0.4 is 4.74 Å². The predicted octanol–water partition coefficient (Wildman–Crippen LogP) is 5.87. The van der Waals surface area contributed by atoms with Gasteiger partial charge in [0.25, 0.3) is 5.88 Å². The molecule has 0 aromatic carbocycles. The first-order valence-electron chi connectivity index (χ1n) is 9.81. The first-order chi connectivity index (χ1) is 15.0. The Labute approximate surface area is 192 Å². The Morgan fingerprint density at radius 3 is 1.90 bits per heavy atom. The fourth-order valence-corrected chi connectivity index (χ4v) is 3.33. The molecule has 4 heterocycles. The summed E-state index contributed by atoms with van der Waals surface area (Å²) in [6, 6.07) is 3.42. The highest BCUT2D eigenvalue weighted by Crippen LogP contribution is 2.30. The van der Waals surface area contributed by atoms with Gasteiger partial charge in [0.15, 0.2) is 10.7 Å². The Morgan fingerprint density at radius 2 is 1.35 bits per heavy atom. The van der Waals surface area contributed by atoms with E-state index in [2.05, 4.69) is 19.9 Å². The minimum atomic E-state index is 0.0648. The summed E-state index contributed by atoms with van der Waals surface area (Å²) in [5.74, 6) is 0.458. The number of hydrogen-bond donors (Lipinski definition) is 1. The first kappa shape index (κ1) is 22.1. The van der Waals surface area contributed by atoms with Crippen LogP contribution in [0.4, 0.5) is 0 Å². The normalized spacial score (nSPS) is 16.0. The standard InChI is InChI=1S/C10H9ClN2O2.C6H2Cl2N2O.C4H8O/c11-10-12-7-4-5-14-8(7)9(13-10)15-6-2-1-3-6;7-5-4-3(1-2-11-4)9-6(8)10-5;5-4-2-1-3-4/h4-6H,1-3H2;1-2H;4-5H,1-3H2. The maximum absolute atomic E-state index is 8.45. The monoisotopic (exact) mass is 484 g/mol. The largest absolute Gasteiger partial charge is 0.472 e. The summed E-state index contributed by atoms with van der Waals surface area (Å²) in [4.78, 5) is 15.6. The molecule has 8 nitrogen and oxygen atoms in total. The molecule has 2 fully saturated rings. The molecule has 4 aromatic rings. The zero-order chi connectivity index (χ0) is 21.8. The fraction of sp³-hybridized carbons (Fsp3) is 0.400. The molecule has 0 saturated heterocycles. The Bertz CT molecular complexity index is 1160. The van der Waals surface area contributed by atoms with Crippen LogP contribution in [0.5, 0.6) is 5.88 Å². The van der Waals surface area contributed by atoms with Crippen LogP contribution in [0.1, 0.15) is 38.5 Å². The van der Waals surface area contributed by atoms with Crippen LogP contribution >= 0.6 is 34.8 Å². The zero-order valence-corrected chi connectivity index (χ0v) is 18.6. The number of halogens is 3. The summed E-state index contributed by atoms with van der Waals surface area (Å²) >= 11 is 17.0. The molecular formula is C20H19Cl3N4O4. The second kappa shape index (κ2) is 9.99. The molecule has 6 rings (SSSR count). The number of rotatable bonds is 2. The number of nitrogens with zero attached hydrogens (tertiary/aromatic N) is 4. The highest BCUT2D eigenvalue weighted by Gasteiger charge is 2.22. The van der Waals surface area contributed by atoms with E-state index < -0.39 is 0 Å². The van der Waals surface area contributed by atoms with Crippen LogP contribution in [0.25, 0.3) is 22.2 Å². The van der Waals surface area contributed by atoms with E-state index in [1.807, 2.05) is 0 Å². The van der Waals surface area contributed by atoms with Crippen molar-refractivity contribution in [3.05, 3.63) is 40.4 Å². The van der Waals surface area contributed by atoms with Gasteiger partial charge in [0.05, 0.1) is 18.6 Å². The van der Waals surface area contributed by atoms with E-state index in [0.717, 1.165) is 25.7 Å². The third-order valence-corrected chi connectivity index (χ3v) is 5.48. The molecule has 0 aliphatic heterocycles. The lowest BCUT2D eigenvalue weighted by Gasteiger charge is -2.25. The number of furan rings is 2. The summed E-state index contributed by atoms with van der Waals surface area (Å²) in [7, 11) is 0. The molecule has 0 radical (unpaired) electrons. The molecule has 164 valence electrons. The quantitative estimate of drug-likeness (QED) is 0.277. The minimum Gasteiger partial charge on any atom is -0.472 e. The molecule has 1 N–H and O–H groups in total. The molecule has 4 aromatic heterocycles. The van der Waals surface area contributed by atoms with Gasteiger partial charge in [0, 0.05) is 12.1 Å². The second-order valence-electron chi connectivity index (χ2n) is 7.11. The van der Waals surface area contributed by atoms with Gasteiger partial charge in [0.2, 0.25) is 16.2 Å².